The third-order valence-corrected chi connectivity index (χ3v) is 7.14. The first-order valence-electron chi connectivity index (χ1n) is 12.5. The SMILES string of the molecule is Cc1cc(Br)cc(C)c1NC(=O)COc1ccc(N2C[C@@H](C(=O)NCc3ccc4c(c3)OCO4)CC2=O)cc1. The Labute approximate surface area is 234 Å². The standard InChI is InChI=1S/C29H28BrN3O6/c1-17-9-21(30)10-18(2)28(17)32-26(34)15-37-23-6-4-22(5-7-23)33-14-20(12-27(33)35)29(36)31-13-19-3-8-24-25(11-19)39-16-38-24/h3-11,20H,12-16H2,1-2H3,(H,31,36)(H,32,34)/t20-/m0/s1. The average molecular weight is 594 g/mol. The molecular formula is C29H28BrN3O6. The lowest BCUT2D eigenvalue weighted by Crippen LogP contribution is -2.32. The molecule has 0 spiro atoms. The van der Waals surface area contributed by atoms with Gasteiger partial charge in [0.25, 0.3) is 5.91 Å². The van der Waals surface area contributed by atoms with Crippen LogP contribution in [0, 0.1) is 19.8 Å². The van der Waals surface area contributed by atoms with E-state index in [4.69, 9.17) is 14.2 Å². The summed E-state index contributed by atoms with van der Waals surface area (Å²) < 4.78 is 17.3. The monoisotopic (exact) mass is 593 g/mol. The third-order valence-electron chi connectivity index (χ3n) is 6.68. The second-order valence-corrected chi connectivity index (χ2v) is 10.5. The lowest BCUT2D eigenvalue weighted by molar-refractivity contribution is -0.126. The Hall–Kier alpha value is -4.05. The number of hydrogen-bond acceptors (Lipinski definition) is 6. The molecule has 5 rings (SSSR count). The van der Waals surface area contributed by atoms with E-state index in [1.54, 1.807) is 29.2 Å². The van der Waals surface area contributed by atoms with Gasteiger partial charge in [-0.05, 0) is 79.1 Å². The van der Waals surface area contributed by atoms with E-state index in [-0.39, 0.29) is 37.5 Å². The Morgan fingerprint density at radius 3 is 2.49 bits per heavy atom. The van der Waals surface area contributed by atoms with Crippen molar-refractivity contribution in [1.29, 1.82) is 0 Å². The summed E-state index contributed by atoms with van der Waals surface area (Å²) >= 11 is 3.45. The summed E-state index contributed by atoms with van der Waals surface area (Å²) in [7, 11) is 0. The van der Waals surface area contributed by atoms with Crippen molar-refractivity contribution in [3.8, 4) is 17.2 Å². The number of halogens is 1. The van der Waals surface area contributed by atoms with Crippen LogP contribution in [0.15, 0.2) is 59.1 Å². The van der Waals surface area contributed by atoms with Gasteiger partial charge in [-0.3, -0.25) is 14.4 Å². The molecule has 0 radical (unpaired) electrons. The number of rotatable bonds is 8. The fourth-order valence-corrected chi connectivity index (χ4v) is 5.36. The Balaban J connectivity index is 1.11. The fraction of sp³-hybridized carbons (Fsp3) is 0.276. The fourth-order valence-electron chi connectivity index (χ4n) is 4.67. The van der Waals surface area contributed by atoms with Gasteiger partial charge in [-0.1, -0.05) is 22.0 Å². The first kappa shape index (κ1) is 26.6. The molecule has 1 fully saturated rings. The summed E-state index contributed by atoms with van der Waals surface area (Å²) in [5, 5.41) is 5.81. The van der Waals surface area contributed by atoms with Crippen LogP contribution in [-0.4, -0.2) is 37.7 Å². The quantitative estimate of drug-likeness (QED) is 0.399. The highest BCUT2D eigenvalue weighted by molar-refractivity contribution is 9.10. The molecule has 3 aromatic rings. The second-order valence-electron chi connectivity index (χ2n) is 9.56. The molecule has 0 bridgehead atoms. The van der Waals surface area contributed by atoms with E-state index < -0.39 is 5.92 Å². The summed E-state index contributed by atoms with van der Waals surface area (Å²) in [4.78, 5) is 39.5. The number of nitrogens with one attached hydrogen (secondary N) is 2. The summed E-state index contributed by atoms with van der Waals surface area (Å²) in [5.41, 5.74) is 4.23. The first-order valence-corrected chi connectivity index (χ1v) is 13.3. The molecule has 2 heterocycles. The number of fused-ring (bicyclic) bond motifs is 1. The van der Waals surface area contributed by atoms with Crippen molar-refractivity contribution in [2.75, 3.05) is 30.2 Å². The average Bonchev–Trinajstić information content (AvgIpc) is 3.54. The summed E-state index contributed by atoms with van der Waals surface area (Å²) in [5.74, 6) is 0.841. The predicted octanol–water partition coefficient (Wildman–Crippen LogP) is 4.48. The molecule has 2 aliphatic rings. The molecule has 0 unspecified atom stereocenters. The third kappa shape index (κ3) is 6.17. The number of hydrogen-bond donors (Lipinski definition) is 2. The molecule has 2 aliphatic heterocycles. The molecule has 2 N–H and O–H groups in total. The molecule has 0 saturated carbocycles. The summed E-state index contributed by atoms with van der Waals surface area (Å²) in [6, 6.07) is 16.3. The van der Waals surface area contributed by atoms with Crippen LogP contribution in [-0.2, 0) is 20.9 Å². The molecule has 1 atom stereocenters. The Kier molecular flexibility index (Phi) is 7.74. The second kappa shape index (κ2) is 11.4. The van der Waals surface area contributed by atoms with E-state index >= 15 is 0 Å². The van der Waals surface area contributed by atoms with E-state index in [1.807, 2.05) is 44.2 Å². The zero-order valence-electron chi connectivity index (χ0n) is 21.6. The topological polar surface area (TPSA) is 106 Å². The highest BCUT2D eigenvalue weighted by Crippen LogP contribution is 2.33. The number of nitrogens with zero attached hydrogens (tertiary/aromatic N) is 1. The maximum absolute atomic E-state index is 12.8. The largest absolute Gasteiger partial charge is 0.484 e. The Bertz CT molecular complexity index is 1400. The van der Waals surface area contributed by atoms with Crippen LogP contribution >= 0.6 is 15.9 Å². The number of carbonyl (C=O) groups excluding carboxylic acids is 3. The smallest absolute Gasteiger partial charge is 0.262 e. The van der Waals surface area contributed by atoms with Crippen LogP contribution in [0.2, 0.25) is 0 Å². The van der Waals surface area contributed by atoms with Crippen molar-refractivity contribution in [3.63, 3.8) is 0 Å². The molecule has 202 valence electrons. The van der Waals surface area contributed by atoms with E-state index in [1.165, 1.54) is 0 Å². The van der Waals surface area contributed by atoms with Crippen molar-refractivity contribution >= 4 is 45.0 Å². The van der Waals surface area contributed by atoms with Crippen LogP contribution in [0.3, 0.4) is 0 Å². The highest BCUT2D eigenvalue weighted by Gasteiger charge is 2.35. The predicted molar refractivity (Wildman–Crippen MR) is 149 cm³/mol. The summed E-state index contributed by atoms with van der Waals surface area (Å²) in [6.45, 7) is 4.53. The normalized spacial score (nSPS) is 15.8. The van der Waals surface area contributed by atoms with Crippen molar-refractivity contribution < 1.29 is 28.6 Å². The van der Waals surface area contributed by atoms with Gasteiger partial charge in [-0.25, -0.2) is 0 Å². The number of aryl methyl sites for hydroxylation is 2. The van der Waals surface area contributed by atoms with E-state index in [9.17, 15) is 14.4 Å². The number of benzene rings is 3. The lowest BCUT2D eigenvalue weighted by Gasteiger charge is -2.17. The van der Waals surface area contributed by atoms with Gasteiger partial charge in [0.15, 0.2) is 18.1 Å². The number of anilines is 2. The van der Waals surface area contributed by atoms with Crippen LogP contribution < -0.4 is 29.7 Å². The Morgan fingerprint density at radius 2 is 1.74 bits per heavy atom. The molecule has 0 aromatic heterocycles. The van der Waals surface area contributed by atoms with E-state index in [0.29, 0.717) is 36.0 Å². The van der Waals surface area contributed by atoms with E-state index in [0.717, 1.165) is 26.9 Å². The number of amides is 3. The minimum absolute atomic E-state index is 0.119. The van der Waals surface area contributed by atoms with Crippen LogP contribution in [0.4, 0.5) is 11.4 Å². The van der Waals surface area contributed by atoms with Gasteiger partial charge in [0.05, 0.1) is 5.92 Å². The molecule has 1 saturated heterocycles. The minimum Gasteiger partial charge on any atom is -0.484 e. The van der Waals surface area contributed by atoms with Gasteiger partial charge < -0.3 is 29.7 Å². The zero-order chi connectivity index (χ0) is 27.5. The molecule has 10 heteroatoms. The molecular weight excluding hydrogens is 566 g/mol. The maximum Gasteiger partial charge on any atom is 0.262 e. The van der Waals surface area contributed by atoms with Gasteiger partial charge in [-0.2, -0.15) is 0 Å². The van der Waals surface area contributed by atoms with E-state index in [2.05, 4.69) is 26.6 Å². The van der Waals surface area contributed by atoms with Gasteiger partial charge >= 0.3 is 0 Å². The van der Waals surface area contributed by atoms with Crippen molar-refractivity contribution in [2.45, 2.75) is 26.8 Å². The van der Waals surface area contributed by atoms with Gasteiger partial charge in [0, 0.05) is 35.4 Å². The van der Waals surface area contributed by atoms with Crippen LogP contribution in [0.25, 0.3) is 0 Å². The van der Waals surface area contributed by atoms with Crippen molar-refractivity contribution in [1.82, 2.24) is 5.32 Å². The molecule has 9 nitrogen and oxygen atoms in total. The van der Waals surface area contributed by atoms with Gasteiger partial charge in [0.1, 0.15) is 5.75 Å². The Morgan fingerprint density at radius 1 is 1.03 bits per heavy atom. The van der Waals surface area contributed by atoms with Crippen LogP contribution in [0.1, 0.15) is 23.1 Å². The molecule has 39 heavy (non-hydrogen) atoms. The maximum atomic E-state index is 12.8. The van der Waals surface area contributed by atoms with Crippen molar-refractivity contribution in [3.05, 3.63) is 75.8 Å². The first-order chi connectivity index (χ1) is 18.8. The van der Waals surface area contributed by atoms with Crippen molar-refractivity contribution in [2.24, 2.45) is 5.92 Å². The molecule has 3 amide bonds. The molecule has 3 aromatic carbocycles. The lowest BCUT2D eigenvalue weighted by atomic mass is 10.1. The number of ether oxygens (including phenoxy) is 3. The summed E-state index contributed by atoms with van der Waals surface area (Å²) in [6.07, 6.45) is 0.139. The highest BCUT2D eigenvalue weighted by atomic mass is 79.9. The minimum atomic E-state index is -0.448. The van der Waals surface area contributed by atoms with Gasteiger partial charge in [-0.15, -0.1) is 0 Å². The van der Waals surface area contributed by atoms with Gasteiger partial charge in [0.2, 0.25) is 18.6 Å². The van der Waals surface area contributed by atoms with Crippen LogP contribution in [0.5, 0.6) is 17.2 Å². The number of carbonyl (C=O) groups is 3. The molecule has 0 aliphatic carbocycles. The zero-order valence-corrected chi connectivity index (χ0v) is 23.2.